The van der Waals surface area contributed by atoms with Gasteiger partial charge in [-0.15, -0.1) is 13.2 Å². The van der Waals surface area contributed by atoms with Crippen molar-refractivity contribution in [3.05, 3.63) is 17.7 Å². The van der Waals surface area contributed by atoms with Gasteiger partial charge in [-0.1, -0.05) is 6.42 Å². The van der Waals surface area contributed by atoms with Crippen LogP contribution in [0.3, 0.4) is 0 Å². The molecule has 0 amide bonds. The van der Waals surface area contributed by atoms with Crippen molar-refractivity contribution in [2.75, 3.05) is 0 Å². The summed E-state index contributed by atoms with van der Waals surface area (Å²) in [6.45, 7) is 0. The van der Waals surface area contributed by atoms with Crippen molar-refractivity contribution in [1.29, 1.82) is 0 Å². The molecule has 3 saturated carbocycles. The van der Waals surface area contributed by atoms with Crippen LogP contribution in [-0.2, 0) is 5.41 Å². The Labute approximate surface area is 108 Å². The van der Waals surface area contributed by atoms with E-state index in [2.05, 4.69) is 14.7 Å². The third kappa shape index (κ3) is 1.80. The highest BCUT2D eigenvalue weighted by atomic mass is 19.4. The van der Waals surface area contributed by atoms with Gasteiger partial charge < -0.3 is 4.74 Å². The molecule has 3 aliphatic carbocycles. The fourth-order valence-electron chi connectivity index (χ4n) is 2.89. The lowest BCUT2D eigenvalue weighted by atomic mass is 9.84. The van der Waals surface area contributed by atoms with Gasteiger partial charge >= 0.3 is 6.36 Å². The van der Waals surface area contributed by atoms with Crippen LogP contribution >= 0.6 is 0 Å². The maximum absolute atomic E-state index is 12.4. The topological polar surface area (TPSA) is 35.0 Å². The summed E-state index contributed by atoms with van der Waals surface area (Å²) in [7, 11) is 0. The molecule has 0 atom stereocenters. The molecule has 3 nitrogen and oxygen atoms in total. The minimum atomic E-state index is -4.67. The molecule has 0 unspecified atom stereocenters. The highest BCUT2D eigenvalue weighted by Gasteiger charge is 2.72. The molecule has 0 saturated heterocycles. The van der Waals surface area contributed by atoms with Crippen molar-refractivity contribution in [3.63, 3.8) is 0 Å². The number of aromatic nitrogens is 2. The van der Waals surface area contributed by atoms with Crippen LogP contribution in [0.4, 0.5) is 13.2 Å². The van der Waals surface area contributed by atoms with E-state index in [4.69, 9.17) is 0 Å². The Morgan fingerprint density at radius 2 is 1.95 bits per heavy atom. The van der Waals surface area contributed by atoms with Gasteiger partial charge in [-0.25, -0.2) is 9.97 Å². The highest BCUT2D eigenvalue weighted by molar-refractivity contribution is 5.46. The second-order valence-electron chi connectivity index (χ2n) is 5.88. The van der Waals surface area contributed by atoms with E-state index >= 15 is 0 Å². The number of nitrogens with zero attached hydrogens (tertiary/aromatic N) is 2. The van der Waals surface area contributed by atoms with Crippen LogP contribution in [-0.4, -0.2) is 16.3 Å². The molecule has 102 valence electrons. The van der Waals surface area contributed by atoms with Gasteiger partial charge in [0.1, 0.15) is 5.82 Å². The Balaban J connectivity index is 1.69. The molecule has 6 heteroatoms. The highest BCUT2D eigenvalue weighted by Crippen LogP contribution is 2.76. The van der Waals surface area contributed by atoms with Crippen molar-refractivity contribution in [2.45, 2.75) is 49.8 Å². The Kier molecular flexibility index (Phi) is 2.06. The monoisotopic (exact) mass is 270 g/mol. The summed E-state index contributed by atoms with van der Waals surface area (Å²) < 4.78 is 41.3. The molecule has 1 aromatic heterocycles. The van der Waals surface area contributed by atoms with E-state index in [-0.39, 0.29) is 11.2 Å². The lowest BCUT2D eigenvalue weighted by Crippen LogP contribution is -2.21. The van der Waals surface area contributed by atoms with Gasteiger partial charge in [-0.2, -0.15) is 0 Å². The summed E-state index contributed by atoms with van der Waals surface area (Å²) in [5.74, 6) is 1.34. The zero-order valence-electron chi connectivity index (χ0n) is 10.2. The van der Waals surface area contributed by atoms with Crippen LogP contribution in [0.2, 0.25) is 0 Å². The smallest absolute Gasteiger partial charge is 0.402 e. The molecule has 0 radical (unpaired) electrons. The van der Waals surface area contributed by atoms with E-state index in [0.29, 0.717) is 23.4 Å². The third-order valence-corrected chi connectivity index (χ3v) is 4.62. The Bertz CT molecular complexity index is 533. The summed E-state index contributed by atoms with van der Waals surface area (Å²) in [5, 5.41) is 0. The van der Waals surface area contributed by atoms with E-state index < -0.39 is 6.36 Å². The molecule has 0 spiro atoms. The van der Waals surface area contributed by atoms with E-state index in [1.807, 2.05) is 0 Å². The molecule has 0 N–H and O–H groups in total. The van der Waals surface area contributed by atoms with Crippen LogP contribution in [0.1, 0.15) is 49.5 Å². The van der Waals surface area contributed by atoms with Crippen LogP contribution in [0.5, 0.6) is 5.75 Å². The molecule has 3 fully saturated rings. The van der Waals surface area contributed by atoms with Gasteiger partial charge in [-0.05, 0) is 31.6 Å². The molecular weight excluding hydrogens is 257 g/mol. The largest absolute Gasteiger partial charge is 0.573 e. The van der Waals surface area contributed by atoms with Gasteiger partial charge in [-0.3, -0.25) is 0 Å². The molecule has 4 rings (SSSR count). The maximum atomic E-state index is 12.4. The van der Waals surface area contributed by atoms with E-state index in [9.17, 15) is 13.2 Å². The number of alkyl halides is 3. The molecule has 0 bridgehead atoms. The second kappa shape index (κ2) is 3.41. The lowest BCUT2D eigenvalue weighted by Gasteiger charge is -2.25. The predicted molar refractivity (Wildman–Crippen MR) is 59.7 cm³/mol. The number of hydrogen-bond acceptors (Lipinski definition) is 3. The summed E-state index contributed by atoms with van der Waals surface area (Å²) >= 11 is 0. The standard InChI is InChI=1S/C13H13F3N2O/c14-13(15,16)19-9-6-17-11(7-2-1-3-7)18-10(9)12-4-8(12)5-12/h6-8H,1-5H2. The number of rotatable bonds is 3. The Hall–Kier alpha value is -1.33. The predicted octanol–water partition coefficient (Wildman–Crippen LogP) is 3.30. The zero-order chi connectivity index (χ0) is 13.3. The molecule has 1 heterocycles. The minimum absolute atomic E-state index is 0.109. The first-order valence-corrected chi connectivity index (χ1v) is 6.61. The first-order chi connectivity index (χ1) is 8.98. The summed E-state index contributed by atoms with van der Waals surface area (Å²) in [6.07, 6.45) is 1.66. The Morgan fingerprint density at radius 1 is 1.26 bits per heavy atom. The molecule has 19 heavy (non-hydrogen) atoms. The molecule has 0 aromatic carbocycles. The number of ether oxygens (including phenoxy) is 1. The van der Waals surface area contributed by atoms with Crippen LogP contribution < -0.4 is 4.74 Å². The number of fused-ring (bicyclic) bond motifs is 1. The zero-order valence-corrected chi connectivity index (χ0v) is 10.2. The van der Waals surface area contributed by atoms with Crippen LogP contribution in [0.25, 0.3) is 0 Å². The average Bonchev–Trinajstić information content (AvgIpc) is 3.03. The van der Waals surface area contributed by atoms with Gasteiger partial charge in [0.25, 0.3) is 0 Å². The van der Waals surface area contributed by atoms with E-state index in [0.717, 1.165) is 32.1 Å². The van der Waals surface area contributed by atoms with Gasteiger partial charge in [0.2, 0.25) is 0 Å². The third-order valence-electron chi connectivity index (χ3n) is 4.62. The van der Waals surface area contributed by atoms with Crippen LogP contribution in [0, 0.1) is 5.92 Å². The van der Waals surface area contributed by atoms with Crippen molar-refractivity contribution < 1.29 is 17.9 Å². The first-order valence-electron chi connectivity index (χ1n) is 6.61. The number of halogens is 3. The second-order valence-corrected chi connectivity index (χ2v) is 5.88. The molecule has 3 aliphatic rings. The fraction of sp³-hybridized carbons (Fsp3) is 0.692. The van der Waals surface area contributed by atoms with E-state index in [1.165, 1.54) is 6.20 Å². The summed E-state index contributed by atoms with van der Waals surface area (Å²) in [6, 6.07) is 0. The van der Waals surface area contributed by atoms with Crippen molar-refractivity contribution in [1.82, 2.24) is 9.97 Å². The van der Waals surface area contributed by atoms with Crippen molar-refractivity contribution >= 4 is 0 Å². The lowest BCUT2D eigenvalue weighted by molar-refractivity contribution is -0.275. The quantitative estimate of drug-likeness (QED) is 0.845. The SMILES string of the molecule is FC(F)(F)Oc1cnc(C2CCC2)nc1C12CC1C2. The first kappa shape index (κ1) is 11.5. The molecule has 1 aromatic rings. The van der Waals surface area contributed by atoms with Crippen molar-refractivity contribution in [2.24, 2.45) is 5.92 Å². The van der Waals surface area contributed by atoms with E-state index in [1.54, 1.807) is 0 Å². The summed E-state index contributed by atoms with van der Waals surface area (Å²) in [4.78, 5) is 8.49. The fourth-order valence-corrected chi connectivity index (χ4v) is 2.89. The Morgan fingerprint density at radius 3 is 2.42 bits per heavy atom. The average molecular weight is 270 g/mol. The van der Waals surface area contributed by atoms with Crippen molar-refractivity contribution in [3.8, 4) is 5.75 Å². The minimum Gasteiger partial charge on any atom is -0.402 e. The van der Waals surface area contributed by atoms with Gasteiger partial charge in [0, 0.05) is 11.3 Å². The molecular formula is C13H13F3N2O. The normalized spacial score (nSPS) is 32.5. The van der Waals surface area contributed by atoms with Gasteiger partial charge in [0.15, 0.2) is 5.75 Å². The number of hydrogen-bond donors (Lipinski definition) is 0. The van der Waals surface area contributed by atoms with Crippen LogP contribution in [0.15, 0.2) is 6.20 Å². The maximum Gasteiger partial charge on any atom is 0.573 e. The molecule has 0 aliphatic heterocycles. The summed E-state index contributed by atoms with van der Waals surface area (Å²) in [5.41, 5.74) is 0.383. The van der Waals surface area contributed by atoms with Gasteiger partial charge in [0.05, 0.1) is 11.9 Å².